The first-order chi connectivity index (χ1) is 15.9. The fraction of sp³-hybridized carbons (Fsp3) is 0.154. The van der Waals surface area contributed by atoms with Gasteiger partial charge in [-0.2, -0.15) is 0 Å². The van der Waals surface area contributed by atoms with Crippen molar-refractivity contribution in [1.29, 1.82) is 0 Å². The smallest absolute Gasteiger partial charge is 0.210 e. The molecule has 0 amide bonds. The lowest BCUT2D eigenvalue weighted by Gasteiger charge is -2.21. The molecule has 0 aliphatic heterocycles. The lowest BCUT2D eigenvalue weighted by atomic mass is 9.93. The molecule has 6 nitrogen and oxygen atoms in total. The van der Waals surface area contributed by atoms with Crippen molar-refractivity contribution in [2.75, 3.05) is 18.0 Å². The molecule has 7 heteroatoms. The number of benzene rings is 3. The molecule has 0 spiro atoms. The van der Waals surface area contributed by atoms with Crippen molar-refractivity contribution in [2.45, 2.75) is 18.7 Å². The first kappa shape index (κ1) is 22.5. The number of carbonyl (C=O) groups excluding carboxylic acids is 1. The van der Waals surface area contributed by atoms with E-state index in [2.05, 4.69) is 23.7 Å². The highest BCUT2D eigenvalue weighted by atomic mass is 32.2. The van der Waals surface area contributed by atoms with Crippen LogP contribution >= 0.6 is 0 Å². The van der Waals surface area contributed by atoms with E-state index in [4.69, 9.17) is 0 Å². The number of sulfone groups is 1. The van der Waals surface area contributed by atoms with Crippen LogP contribution in [0, 0.1) is 0 Å². The van der Waals surface area contributed by atoms with Crippen molar-refractivity contribution in [3.8, 4) is 5.75 Å². The minimum Gasteiger partial charge on any atom is -0.507 e. The van der Waals surface area contributed by atoms with E-state index in [0.717, 1.165) is 18.8 Å². The van der Waals surface area contributed by atoms with Gasteiger partial charge in [-0.3, -0.25) is 4.79 Å². The molecule has 0 bridgehead atoms. The van der Waals surface area contributed by atoms with Gasteiger partial charge in [0.05, 0.1) is 21.9 Å². The molecule has 3 aromatic rings. The zero-order valence-corrected chi connectivity index (χ0v) is 19.2. The quantitative estimate of drug-likeness (QED) is 0.565. The number of phenolic OH excluding ortho intramolecular Hbond substituents is 1. The van der Waals surface area contributed by atoms with Crippen molar-refractivity contribution in [2.24, 2.45) is 4.99 Å². The molecule has 0 saturated carbocycles. The Labute approximate surface area is 193 Å². The highest BCUT2D eigenvalue weighted by Crippen LogP contribution is 2.34. The third-order valence-corrected chi connectivity index (χ3v) is 7.38. The molecule has 1 N–H and O–H groups in total. The second-order valence-corrected chi connectivity index (χ2v) is 9.46. The third kappa shape index (κ3) is 4.19. The summed E-state index contributed by atoms with van der Waals surface area (Å²) in [5, 5.41) is 10.5. The molecule has 1 aliphatic carbocycles. The van der Waals surface area contributed by atoms with E-state index in [1.165, 1.54) is 36.4 Å². The van der Waals surface area contributed by atoms with Crippen LogP contribution in [0.2, 0.25) is 0 Å². The molecular weight excluding hydrogens is 436 g/mol. The maximum Gasteiger partial charge on any atom is 0.210 e. The predicted molar refractivity (Wildman–Crippen MR) is 130 cm³/mol. The molecular formula is C26H24N2O4S. The molecule has 33 heavy (non-hydrogen) atoms. The first-order valence-electron chi connectivity index (χ1n) is 10.7. The lowest BCUT2D eigenvalue weighted by molar-refractivity contribution is 0.104. The Hall–Kier alpha value is -3.71. The van der Waals surface area contributed by atoms with Crippen molar-refractivity contribution >= 4 is 32.7 Å². The summed E-state index contributed by atoms with van der Waals surface area (Å²) in [6, 6.07) is 19.8. The Balaban J connectivity index is 1.86. The Kier molecular flexibility index (Phi) is 6.16. The lowest BCUT2D eigenvalue weighted by Crippen LogP contribution is -2.23. The third-order valence-electron chi connectivity index (χ3n) is 5.61. The Morgan fingerprint density at radius 1 is 0.879 bits per heavy atom. The normalized spacial score (nSPS) is 14.7. The van der Waals surface area contributed by atoms with Crippen LogP contribution in [0.3, 0.4) is 0 Å². The Bertz CT molecular complexity index is 1360. The minimum absolute atomic E-state index is 0.0242. The standard InChI is InChI=1S/C26H24N2O4S/c1-3-28(4-2)19-15-13-18(14-16-19)27-22-17-24(33(31,32)20-9-6-5-7-10-20)26(30)21-11-8-12-23(29)25(21)22/h5-17,29H,3-4H2,1-2H3. The van der Waals surface area contributed by atoms with E-state index in [1.54, 1.807) is 18.2 Å². The maximum absolute atomic E-state index is 13.3. The number of carbonyl (C=O) groups is 1. The molecule has 0 radical (unpaired) electrons. The number of fused-ring (bicyclic) bond motifs is 1. The Morgan fingerprint density at radius 3 is 2.18 bits per heavy atom. The highest BCUT2D eigenvalue weighted by molar-refractivity contribution is 7.96. The van der Waals surface area contributed by atoms with Gasteiger partial charge in [0.1, 0.15) is 10.7 Å². The van der Waals surface area contributed by atoms with Crippen LogP contribution in [-0.4, -0.2) is 38.1 Å². The second-order valence-electron chi connectivity index (χ2n) is 7.54. The number of rotatable bonds is 6. The van der Waals surface area contributed by atoms with Crippen molar-refractivity contribution < 1.29 is 18.3 Å². The van der Waals surface area contributed by atoms with Gasteiger partial charge in [0.2, 0.25) is 15.6 Å². The summed E-state index contributed by atoms with van der Waals surface area (Å²) in [6.45, 7) is 5.90. The van der Waals surface area contributed by atoms with Crippen LogP contribution in [0.25, 0.3) is 0 Å². The topological polar surface area (TPSA) is 87.0 Å². The van der Waals surface area contributed by atoms with Gasteiger partial charge in [0, 0.05) is 24.3 Å². The summed E-state index contributed by atoms with van der Waals surface area (Å²) in [5.41, 5.74) is 2.17. The molecule has 0 unspecified atom stereocenters. The zero-order chi connectivity index (χ0) is 23.6. The number of anilines is 1. The fourth-order valence-electron chi connectivity index (χ4n) is 3.87. The maximum atomic E-state index is 13.3. The van der Waals surface area contributed by atoms with Crippen LogP contribution in [-0.2, 0) is 9.84 Å². The van der Waals surface area contributed by atoms with Gasteiger partial charge in [-0.25, -0.2) is 13.4 Å². The molecule has 0 atom stereocenters. The number of phenols is 1. The minimum atomic E-state index is -4.07. The number of Topliss-reactive ketones (excluding diaryl/α,β-unsaturated/α-hetero) is 1. The molecule has 0 aromatic heterocycles. The summed E-state index contributed by atoms with van der Waals surface area (Å²) in [7, 11) is -4.07. The SMILES string of the molecule is CCN(CC)c1ccc(N=C2C=C(S(=O)(=O)c3ccccc3)C(=O)c3cccc(O)c32)cc1. The van der Waals surface area contributed by atoms with Crippen LogP contribution in [0.1, 0.15) is 29.8 Å². The number of nitrogens with zero attached hydrogens (tertiary/aromatic N) is 2. The summed E-state index contributed by atoms with van der Waals surface area (Å²) in [4.78, 5) is 19.6. The van der Waals surface area contributed by atoms with Gasteiger partial charge in [0.25, 0.3) is 0 Å². The average molecular weight is 461 g/mol. The van der Waals surface area contributed by atoms with E-state index in [9.17, 15) is 18.3 Å². The van der Waals surface area contributed by atoms with Crippen LogP contribution in [0.15, 0.2) is 93.7 Å². The number of aromatic hydroxyl groups is 1. The van der Waals surface area contributed by atoms with Crippen LogP contribution < -0.4 is 4.90 Å². The van der Waals surface area contributed by atoms with E-state index in [0.29, 0.717) is 5.69 Å². The molecule has 1 aliphatic rings. The molecule has 0 fully saturated rings. The van der Waals surface area contributed by atoms with Crippen molar-refractivity contribution in [3.05, 3.63) is 94.9 Å². The number of aliphatic imine (C=N–C) groups is 1. The van der Waals surface area contributed by atoms with Gasteiger partial charge in [0.15, 0.2) is 0 Å². The van der Waals surface area contributed by atoms with Gasteiger partial charge in [-0.15, -0.1) is 0 Å². The number of ketones is 1. The molecule has 0 heterocycles. The highest BCUT2D eigenvalue weighted by Gasteiger charge is 2.34. The van der Waals surface area contributed by atoms with E-state index in [1.807, 2.05) is 24.3 Å². The summed E-state index contributed by atoms with van der Waals surface area (Å²) >= 11 is 0. The second kappa shape index (κ2) is 9.03. The van der Waals surface area contributed by atoms with E-state index >= 15 is 0 Å². The average Bonchev–Trinajstić information content (AvgIpc) is 2.83. The van der Waals surface area contributed by atoms with E-state index < -0.39 is 15.6 Å². The largest absolute Gasteiger partial charge is 0.507 e. The number of allylic oxidation sites excluding steroid dienone is 2. The van der Waals surface area contributed by atoms with Crippen LogP contribution in [0.4, 0.5) is 11.4 Å². The summed E-state index contributed by atoms with van der Waals surface area (Å²) in [5.74, 6) is -0.799. The fourth-order valence-corrected chi connectivity index (χ4v) is 5.26. The predicted octanol–water partition coefficient (Wildman–Crippen LogP) is 4.91. The molecule has 0 saturated heterocycles. The van der Waals surface area contributed by atoms with Gasteiger partial charge in [-0.05, 0) is 62.4 Å². The summed E-state index contributed by atoms with van der Waals surface area (Å²) < 4.78 is 26.5. The molecule has 3 aromatic carbocycles. The summed E-state index contributed by atoms with van der Waals surface area (Å²) in [6.07, 6.45) is 1.25. The molecule has 168 valence electrons. The van der Waals surface area contributed by atoms with E-state index in [-0.39, 0.29) is 32.4 Å². The number of hydrogen-bond acceptors (Lipinski definition) is 6. The molecule has 4 rings (SSSR count). The zero-order valence-electron chi connectivity index (χ0n) is 18.4. The Morgan fingerprint density at radius 2 is 1.55 bits per heavy atom. The van der Waals surface area contributed by atoms with Gasteiger partial charge < -0.3 is 10.0 Å². The van der Waals surface area contributed by atoms with Crippen LogP contribution in [0.5, 0.6) is 5.75 Å². The van der Waals surface area contributed by atoms with Gasteiger partial charge >= 0.3 is 0 Å². The van der Waals surface area contributed by atoms with Crippen molar-refractivity contribution in [3.63, 3.8) is 0 Å². The number of hydrogen-bond donors (Lipinski definition) is 1. The first-order valence-corrected chi connectivity index (χ1v) is 12.2. The van der Waals surface area contributed by atoms with Crippen molar-refractivity contribution in [1.82, 2.24) is 0 Å². The van der Waals surface area contributed by atoms with Gasteiger partial charge in [-0.1, -0.05) is 30.3 Å². The monoisotopic (exact) mass is 460 g/mol.